The van der Waals surface area contributed by atoms with Crippen molar-refractivity contribution < 1.29 is 10.2 Å². The van der Waals surface area contributed by atoms with Gasteiger partial charge in [-0.2, -0.15) is 0 Å². The van der Waals surface area contributed by atoms with E-state index in [0.717, 1.165) is 38.8 Å². The summed E-state index contributed by atoms with van der Waals surface area (Å²) in [6.45, 7) is 6.71. The van der Waals surface area contributed by atoms with Gasteiger partial charge in [-0.25, -0.2) is 0 Å². The van der Waals surface area contributed by atoms with Gasteiger partial charge in [0.2, 0.25) is 0 Å². The largest absolute Gasteiger partial charge is 0.393 e. The van der Waals surface area contributed by atoms with Gasteiger partial charge in [-0.3, -0.25) is 0 Å². The van der Waals surface area contributed by atoms with E-state index < -0.39 is 0 Å². The third kappa shape index (κ3) is 4.97. The average Bonchev–Trinajstić information content (AvgIpc) is 2.54. The molecule has 2 unspecified atom stereocenters. The number of rotatable bonds is 7. The summed E-state index contributed by atoms with van der Waals surface area (Å²) in [5.74, 6) is 0. The summed E-state index contributed by atoms with van der Waals surface area (Å²) < 4.78 is 0. The Morgan fingerprint density at radius 1 is 1.23 bits per heavy atom. The predicted octanol–water partition coefficient (Wildman–Crippen LogP) is 2.46. The van der Waals surface area contributed by atoms with Crippen molar-refractivity contribution in [2.45, 2.75) is 57.8 Å². The molecular weight excluding hydrogens is 276 g/mol. The SMILES string of the molecule is CCCC(O)CNC(C)c1ccc(N2CCC(O)CC2)cc1. The van der Waals surface area contributed by atoms with Crippen LogP contribution in [0, 0.1) is 0 Å². The highest BCUT2D eigenvalue weighted by Gasteiger charge is 2.17. The van der Waals surface area contributed by atoms with Crippen molar-refractivity contribution in [2.24, 2.45) is 0 Å². The van der Waals surface area contributed by atoms with E-state index in [-0.39, 0.29) is 18.2 Å². The minimum absolute atomic E-state index is 0.130. The summed E-state index contributed by atoms with van der Waals surface area (Å²) in [7, 11) is 0. The third-order valence-electron chi connectivity index (χ3n) is 4.50. The molecule has 3 N–H and O–H groups in total. The topological polar surface area (TPSA) is 55.7 Å². The van der Waals surface area contributed by atoms with Crippen LogP contribution in [0.5, 0.6) is 0 Å². The maximum Gasteiger partial charge on any atom is 0.0664 e. The van der Waals surface area contributed by atoms with Crippen molar-refractivity contribution in [3.8, 4) is 0 Å². The van der Waals surface area contributed by atoms with E-state index in [1.807, 2.05) is 0 Å². The first kappa shape index (κ1) is 17.3. The van der Waals surface area contributed by atoms with E-state index in [9.17, 15) is 10.2 Å². The lowest BCUT2D eigenvalue weighted by Gasteiger charge is -2.31. The van der Waals surface area contributed by atoms with Gasteiger partial charge in [0.15, 0.2) is 0 Å². The second-order valence-electron chi connectivity index (χ2n) is 6.38. The summed E-state index contributed by atoms with van der Waals surface area (Å²) in [5.41, 5.74) is 2.47. The molecule has 0 saturated carbocycles. The first-order valence-electron chi connectivity index (χ1n) is 8.54. The number of piperidine rings is 1. The molecule has 0 aliphatic carbocycles. The van der Waals surface area contributed by atoms with E-state index >= 15 is 0 Å². The Labute approximate surface area is 134 Å². The smallest absolute Gasteiger partial charge is 0.0664 e. The van der Waals surface area contributed by atoms with Crippen LogP contribution < -0.4 is 10.2 Å². The van der Waals surface area contributed by atoms with Crippen LogP contribution in [0.1, 0.15) is 51.1 Å². The van der Waals surface area contributed by atoms with Crippen molar-refractivity contribution in [1.29, 1.82) is 0 Å². The second kappa shape index (κ2) is 8.51. The minimum atomic E-state index is -0.258. The maximum atomic E-state index is 9.79. The predicted molar refractivity (Wildman–Crippen MR) is 91.2 cm³/mol. The number of benzene rings is 1. The summed E-state index contributed by atoms with van der Waals surface area (Å²) in [6, 6.07) is 8.87. The summed E-state index contributed by atoms with van der Waals surface area (Å²) >= 11 is 0. The van der Waals surface area contributed by atoms with Crippen molar-refractivity contribution in [1.82, 2.24) is 5.32 Å². The van der Waals surface area contributed by atoms with Gasteiger partial charge in [0.1, 0.15) is 0 Å². The van der Waals surface area contributed by atoms with Gasteiger partial charge in [0.25, 0.3) is 0 Å². The van der Waals surface area contributed by atoms with Gasteiger partial charge in [-0.05, 0) is 43.9 Å². The summed E-state index contributed by atoms with van der Waals surface area (Å²) in [4.78, 5) is 2.33. The Morgan fingerprint density at radius 3 is 2.45 bits per heavy atom. The quantitative estimate of drug-likeness (QED) is 0.724. The Kier molecular flexibility index (Phi) is 6.68. The van der Waals surface area contributed by atoms with Gasteiger partial charge < -0.3 is 20.4 Å². The Morgan fingerprint density at radius 2 is 1.86 bits per heavy atom. The van der Waals surface area contributed by atoms with E-state index in [4.69, 9.17) is 0 Å². The van der Waals surface area contributed by atoms with E-state index in [1.54, 1.807) is 0 Å². The van der Waals surface area contributed by atoms with E-state index in [1.165, 1.54) is 11.3 Å². The fraction of sp³-hybridized carbons (Fsp3) is 0.667. The molecule has 0 spiro atoms. The molecule has 0 bridgehead atoms. The number of anilines is 1. The fourth-order valence-electron chi connectivity index (χ4n) is 2.96. The number of nitrogens with zero attached hydrogens (tertiary/aromatic N) is 1. The molecule has 0 aromatic heterocycles. The number of aliphatic hydroxyl groups excluding tert-OH is 2. The number of hydrogen-bond acceptors (Lipinski definition) is 4. The lowest BCUT2D eigenvalue weighted by atomic mass is 10.0. The maximum absolute atomic E-state index is 9.79. The zero-order valence-corrected chi connectivity index (χ0v) is 13.8. The van der Waals surface area contributed by atoms with Crippen LogP contribution >= 0.6 is 0 Å². The third-order valence-corrected chi connectivity index (χ3v) is 4.50. The average molecular weight is 306 g/mol. The molecule has 22 heavy (non-hydrogen) atoms. The van der Waals surface area contributed by atoms with Crippen molar-refractivity contribution in [3.05, 3.63) is 29.8 Å². The summed E-state index contributed by atoms with van der Waals surface area (Å²) in [6.07, 6.45) is 3.18. The van der Waals surface area contributed by atoms with E-state index in [2.05, 4.69) is 48.3 Å². The molecule has 1 aliphatic heterocycles. The lowest BCUT2D eigenvalue weighted by Crippen LogP contribution is -2.35. The van der Waals surface area contributed by atoms with E-state index in [0.29, 0.717) is 6.54 Å². The van der Waals surface area contributed by atoms with Gasteiger partial charge in [-0.15, -0.1) is 0 Å². The number of nitrogens with one attached hydrogen (secondary N) is 1. The van der Waals surface area contributed by atoms with Crippen molar-refractivity contribution in [3.63, 3.8) is 0 Å². The molecule has 4 heteroatoms. The Hall–Kier alpha value is -1.10. The molecule has 124 valence electrons. The Balaban J connectivity index is 1.85. The van der Waals surface area contributed by atoms with Crippen LogP contribution in [0.15, 0.2) is 24.3 Å². The molecule has 1 aromatic rings. The fourth-order valence-corrected chi connectivity index (χ4v) is 2.96. The number of hydrogen-bond donors (Lipinski definition) is 3. The van der Waals surface area contributed by atoms with Crippen LogP contribution in [0.25, 0.3) is 0 Å². The first-order chi connectivity index (χ1) is 10.6. The van der Waals surface area contributed by atoms with Gasteiger partial charge in [0, 0.05) is 31.4 Å². The lowest BCUT2D eigenvalue weighted by molar-refractivity contribution is 0.145. The van der Waals surface area contributed by atoms with Gasteiger partial charge >= 0.3 is 0 Å². The molecule has 1 fully saturated rings. The van der Waals surface area contributed by atoms with Crippen LogP contribution in [0.3, 0.4) is 0 Å². The monoisotopic (exact) mass is 306 g/mol. The molecule has 1 heterocycles. The van der Waals surface area contributed by atoms with Crippen molar-refractivity contribution in [2.75, 3.05) is 24.5 Å². The van der Waals surface area contributed by atoms with Crippen LogP contribution in [0.4, 0.5) is 5.69 Å². The standard InChI is InChI=1S/C18H30N2O2/c1-3-4-18(22)13-19-14(2)15-5-7-16(8-6-15)20-11-9-17(21)10-12-20/h5-8,14,17-19,21-22H,3-4,9-13H2,1-2H3. The molecule has 2 atom stereocenters. The first-order valence-corrected chi connectivity index (χ1v) is 8.54. The zero-order chi connectivity index (χ0) is 15.9. The zero-order valence-electron chi connectivity index (χ0n) is 13.8. The molecule has 1 saturated heterocycles. The molecule has 0 radical (unpaired) electrons. The minimum Gasteiger partial charge on any atom is -0.393 e. The van der Waals surface area contributed by atoms with Crippen LogP contribution in [-0.2, 0) is 0 Å². The molecule has 1 aromatic carbocycles. The molecule has 0 amide bonds. The van der Waals surface area contributed by atoms with Crippen LogP contribution in [0.2, 0.25) is 0 Å². The van der Waals surface area contributed by atoms with Gasteiger partial charge in [0.05, 0.1) is 12.2 Å². The highest BCUT2D eigenvalue weighted by atomic mass is 16.3. The Bertz CT molecular complexity index is 427. The molecular formula is C18H30N2O2. The highest BCUT2D eigenvalue weighted by Crippen LogP contribution is 2.22. The van der Waals surface area contributed by atoms with Gasteiger partial charge in [-0.1, -0.05) is 25.5 Å². The number of aliphatic hydroxyl groups is 2. The second-order valence-corrected chi connectivity index (χ2v) is 6.38. The highest BCUT2D eigenvalue weighted by molar-refractivity contribution is 5.48. The normalized spacial score (nSPS) is 19.2. The summed E-state index contributed by atoms with van der Waals surface area (Å²) in [5, 5.41) is 22.8. The van der Waals surface area contributed by atoms with Crippen molar-refractivity contribution >= 4 is 5.69 Å². The molecule has 1 aliphatic rings. The van der Waals surface area contributed by atoms with Crippen LogP contribution in [-0.4, -0.2) is 42.1 Å². The molecule has 2 rings (SSSR count). The molecule has 4 nitrogen and oxygen atoms in total.